The van der Waals surface area contributed by atoms with Gasteiger partial charge in [0.25, 0.3) is 0 Å². The van der Waals surface area contributed by atoms with Gasteiger partial charge in [-0.05, 0) is 6.92 Å². The van der Waals surface area contributed by atoms with Crippen molar-refractivity contribution in [3.63, 3.8) is 0 Å². The molecule has 0 aromatic carbocycles. The molecule has 17 heavy (non-hydrogen) atoms. The highest BCUT2D eigenvalue weighted by atomic mass is 16.7. The van der Waals surface area contributed by atoms with E-state index in [0.29, 0.717) is 37.8 Å². The molecule has 8 heteroatoms. The molecule has 0 aliphatic carbocycles. The monoisotopic (exact) mass is 244 g/mol. The molecular formula is C9H16N4O4. The van der Waals surface area contributed by atoms with Gasteiger partial charge in [-0.2, -0.15) is 0 Å². The Morgan fingerprint density at radius 1 is 1.53 bits per heavy atom. The molecule has 1 saturated heterocycles. The van der Waals surface area contributed by atoms with Gasteiger partial charge in [0.05, 0.1) is 24.7 Å². The normalized spacial score (nSPS) is 16.6. The smallest absolute Gasteiger partial charge is 0.409 e. The summed E-state index contributed by atoms with van der Waals surface area (Å²) in [6.45, 7) is 6.95. The predicted octanol–water partition coefficient (Wildman–Crippen LogP) is 0.713. The van der Waals surface area contributed by atoms with Gasteiger partial charge in [-0.3, -0.25) is 0 Å². The highest BCUT2D eigenvalue weighted by Crippen LogP contribution is 2.04. The Hall–Kier alpha value is -1.99. The molecule has 0 atom stereocenters. The van der Waals surface area contributed by atoms with Gasteiger partial charge in [0, 0.05) is 13.1 Å². The molecule has 0 unspecified atom stereocenters. The van der Waals surface area contributed by atoms with E-state index in [1.165, 1.54) is 5.01 Å². The van der Waals surface area contributed by atoms with E-state index in [0.717, 1.165) is 6.26 Å². The van der Waals surface area contributed by atoms with E-state index in [1.807, 2.05) is 0 Å². The van der Waals surface area contributed by atoms with E-state index in [2.05, 4.69) is 16.7 Å². The first-order valence-electron chi connectivity index (χ1n) is 5.30. The fraction of sp³-hybridized carbons (Fsp3) is 0.667. The zero-order valence-electron chi connectivity index (χ0n) is 9.74. The number of piperazine rings is 1. The largest absolute Gasteiger partial charge is 0.569 e. The molecule has 0 spiro atoms. The van der Waals surface area contributed by atoms with Crippen molar-refractivity contribution in [3.8, 4) is 0 Å². The van der Waals surface area contributed by atoms with Crippen LogP contribution < -0.4 is 0 Å². The number of hydrogen-bond acceptors (Lipinski definition) is 5. The standard InChI is InChI=1S/C9H16N4O4/c1-3-16-9(14)11-5-7-12(8-6-11)13(15)10-17-4-2/h4H,2-3,5-8H2,1H3/b13-10-. The van der Waals surface area contributed by atoms with Crippen LogP contribution in [-0.2, 0) is 9.57 Å². The molecule has 1 amide bonds. The molecule has 0 radical (unpaired) electrons. The maximum absolute atomic E-state index is 11.4. The van der Waals surface area contributed by atoms with Crippen LogP contribution in [0.25, 0.3) is 0 Å². The van der Waals surface area contributed by atoms with Crippen LogP contribution in [0.2, 0.25) is 0 Å². The number of hydrazine groups is 1. The summed E-state index contributed by atoms with van der Waals surface area (Å²) in [5.41, 5.74) is 0. The molecule has 8 nitrogen and oxygen atoms in total. The van der Waals surface area contributed by atoms with Crippen molar-refractivity contribution in [1.82, 2.24) is 9.91 Å². The Morgan fingerprint density at radius 3 is 2.71 bits per heavy atom. The minimum atomic E-state index is -0.358. The Balaban J connectivity index is 2.40. The number of rotatable bonds is 4. The number of amides is 1. The summed E-state index contributed by atoms with van der Waals surface area (Å²) >= 11 is 0. The van der Waals surface area contributed by atoms with Crippen LogP contribution in [0.3, 0.4) is 0 Å². The predicted molar refractivity (Wildman–Crippen MR) is 57.5 cm³/mol. The summed E-state index contributed by atoms with van der Waals surface area (Å²) in [4.78, 5) is 17.7. The molecule has 96 valence electrons. The molecule has 1 aliphatic heterocycles. The highest BCUT2D eigenvalue weighted by Gasteiger charge is 2.25. The van der Waals surface area contributed by atoms with Crippen molar-refractivity contribution in [3.05, 3.63) is 18.0 Å². The lowest BCUT2D eigenvalue weighted by molar-refractivity contribution is -0.710. The van der Waals surface area contributed by atoms with Gasteiger partial charge < -0.3 is 19.7 Å². The highest BCUT2D eigenvalue weighted by molar-refractivity contribution is 5.67. The number of carbonyl (C=O) groups is 1. The van der Waals surface area contributed by atoms with E-state index in [4.69, 9.17) is 4.74 Å². The first-order chi connectivity index (χ1) is 8.19. The average Bonchev–Trinajstić information content (AvgIpc) is 2.36. The van der Waals surface area contributed by atoms with Gasteiger partial charge in [-0.25, -0.2) is 4.79 Å². The van der Waals surface area contributed by atoms with Gasteiger partial charge in [0.1, 0.15) is 6.26 Å². The second-order valence-electron chi connectivity index (χ2n) is 3.25. The molecule has 1 rings (SSSR count). The third-order valence-electron chi connectivity index (χ3n) is 2.22. The zero-order valence-corrected chi connectivity index (χ0v) is 9.74. The maximum Gasteiger partial charge on any atom is 0.409 e. The molecular weight excluding hydrogens is 228 g/mol. The van der Waals surface area contributed by atoms with Gasteiger partial charge in [0.2, 0.25) is 5.28 Å². The first-order valence-corrected chi connectivity index (χ1v) is 5.30. The average molecular weight is 244 g/mol. The lowest BCUT2D eigenvalue weighted by atomic mass is 10.4. The van der Waals surface area contributed by atoms with Gasteiger partial charge in [-0.15, -0.1) is 5.01 Å². The molecule has 0 N–H and O–H groups in total. The first kappa shape index (κ1) is 13.1. The molecule has 0 bridgehead atoms. The van der Waals surface area contributed by atoms with Crippen LogP contribution in [0.5, 0.6) is 0 Å². The second-order valence-corrected chi connectivity index (χ2v) is 3.25. The van der Waals surface area contributed by atoms with E-state index < -0.39 is 0 Å². The molecule has 0 aromatic heterocycles. The topological polar surface area (TPSA) is 80.4 Å². The summed E-state index contributed by atoms with van der Waals surface area (Å²) in [7, 11) is 0. The van der Waals surface area contributed by atoms with E-state index >= 15 is 0 Å². The summed E-state index contributed by atoms with van der Waals surface area (Å²) < 4.78 is 4.86. The van der Waals surface area contributed by atoms with Crippen molar-refractivity contribution in [2.24, 2.45) is 5.28 Å². The Labute approximate surface area is 99.2 Å². The lowest BCUT2D eigenvalue weighted by Crippen LogP contribution is -2.50. The quantitative estimate of drug-likeness (QED) is 0.315. The fourth-order valence-corrected chi connectivity index (χ4v) is 1.39. The Morgan fingerprint density at radius 2 is 2.18 bits per heavy atom. The van der Waals surface area contributed by atoms with Crippen molar-refractivity contribution >= 4 is 6.09 Å². The number of hydrogen-bond donors (Lipinski definition) is 0. The SMILES string of the molecule is C=CO/N=[N+](\[O-])N1CCN(C(=O)OCC)CC1. The number of ether oxygens (including phenoxy) is 1. The molecule has 1 heterocycles. The van der Waals surface area contributed by atoms with Crippen LogP contribution in [0.15, 0.2) is 18.1 Å². The minimum absolute atomic E-state index is 0.342. The maximum atomic E-state index is 11.4. The minimum Gasteiger partial charge on any atom is -0.569 e. The summed E-state index contributed by atoms with van der Waals surface area (Å²) in [6, 6.07) is 0. The third-order valence-corrected chi connectivity index (χ3v) is 2.22. The van der Waals surface area contributed by atoms with Crippen LogP contribution in [-0.4, -0.2) is 53.8 Å². The van der Waals surface area contributed by atoms with Crippen LogP contribution >= 0.6 is 0 Å². The van der Waals surface area contributed by atoms with Crippen molar-refractivity contribution in [1.29, 1.82) is 0 Å². The van der Waals surface area contributed by atoms with Gasteiger partial charge in [0.15, 0.2) is 0 Å². The summed E-state index contributed by atoms with van der Waals surface area (Å²) in [5, 5.41) is 16.0. The lowest BCUT2D eigenvalue weighted by Gasteiger charge is -2.30. The Kier molecular flexibility index (Phi) is 5.05. The van der Waals surface area contributed by atoms with Gasteiger partial charge in [-0.1, -0.05) is 6.58 Å². The number of nitrogens with zero attached hydrogens (tertiary/aromatic N) is 4. The molecule has 1 aliphatic rings. The summed E-state index contributed by atoms with van der Waals surface area (Å²) in [6.07, 6.45) is 0.698. The van der Waals surface area contributed by atoms with Gasteiger partial charge >= 0.3 is 6.09 Å². The second kappa shape index (κ2) is 6.56. The Bertz CT molecular complexity index is 299. The third kappa shape index (κ3) is 3.82. The van der Waals surface area contributed by atoms with E-state index in [9.17, 15) is 10.0 Å². The van der Waals surface area contributed by atoms with Crippen molar-refractivity contribution in [2.45, 2.75) is 6.92 Å². The van der Waals surface area contributed by atoms with E-state index in [1.54, 1.807) is 11.8 Å². The summed E-state index contributed by atoms with van der Waals surface area (Å²) in [5.74, 6) is 0. The molecule has 1 fully saturated rings. The molecule has 0 aromatic rings. The van der Waals surface area contributed by atoms with Crippen LogP contribution in [0.1, 0.15) is 6.92 Å². The fourth-order valence-electron chi connectivity index (χ4n) is 1.39. The number of carbonyl (C=O) groups excluding carboxylic acids is 1. The zero-order chi connectivity index (χ0) is 12.7. The van der Waals surface area contributed by atoms with E-state index in [-0.39, 0.29) is 6.09 Å². The van der Waals surface area contributed by atoms with Crippen molar-refractivity contribution < 1.29 is 19.3 Å². The molecule has 0 saturated carbocycles. The van der Waals surface area contributed by atoms with Crippen molar-refractivity contribution in [2.75, 3.05) is 32.8 Å². The van der Waals surface area contributed by atoms with Crippen LogP contribution in [0.4, 0.5) is 4.79 Å². The van der Waals surface area contributed by atoms with Crippen LogP contribution in [0, 0.1) is 5.21 Å².